The first-order valence-electron chi connectivity index (χ1n) is 13.4. The summed E-state index contributed by atoms with van der Waals surface area (Å²) in [6, 6.07) is -0.246. The Morgan fingerprint density at radius 2 is 0.925 bits per heavy atom. The first-order chi connectivity index (χ1) is 19.6. The van der Waals surface area contributed by atoms with Crippen molar-refractivity contribution in [2.24, 2.45) is 16.0 Å². The molecule has 17 heteroatoms. The lowest BCUT2D eigenvalue weighted by Gasteiger charge is -2.12. The normalized spacial score (nSPS) is 11.3. The van der Waals surface area contributed by atoms with Crippen LogP contribution >= 0.6 is 0 Å². The summed E-state index contributed by atoms with van der Waals surface area (Å²) in [7, 11) is 0. The summed E-state index contributed by atoms with van der Waals surface area (Å²) in [5, 5.41) is 12.2. The van der Waals surface area contributed by atoms with Crippen molar-refractivity contribution in [3.8, 4) is 0 Å². The molecular formula is C23H45N9O8. The van der Waals surface area contributed by atoms with Crippen molar-refractivity contribution >= 4 is 11.8 Å². The fourth-order valence-electron chi connectivity index (χ4n) is 2.86. The maximum absolute atomic E-state index is 11.9. The Morgan fingerprint density at radius 1 is 0.600 bits per heavy atom. The highest BCUT2D eigenvalue weighted by Crippen LogP contribution is 2.02. The van der Waals surface area contributed by atoms with E-state index in [-0.39, 0.29) is 30.7 Å². The number of nitrogens with one attached hydrogen (secondary N) is 2. The monoisotopic (exact) mass is 575 g/mol. The molecule has 0 heterocycles. The van der Waals surface area contributed by atoms with Gasteiger partial charge in [-0.05, 0) is 23.9 Å². The van der Waals surface area contributed by atoms with Crippen molar-refractivity contribution in [1.82, 2.24) is 10.6 Å². The van der Waals surface area contributed by atoms with E-state index in [2.05, 4.69) is 30.7 Å². The molecule has 0 rings (SSSR count). The van der Waals surface area contributed by atoms with Gasteiger partial charge in [-0.15, -0.1) is 0 Å². The van der Waals surface area contributed by atoms with Gasteiger partial charge in [0.15, 0.2) is 0 Å². The topological polar surface area (TPSA) is 237 Å². The van der Waals surface area contributed by atoms with Crippen molar-refractivity contribution < 1.29 is 38.0 Å². The van der Waals surface area contributed by atoms with Gasteiger partial charge >= 0.3 is 0 Å². The van der Waals surface area contributed by atoms with E-state index in [1.807, 2.05) is 0 Å². The fourth-order valence-corrected chi connectivity index (χ4v) is 2.86. The molecule has 2 amide bonds. The number of hydrogen-bond donors (Lipinski definition) is 3. The second-order valence-corrected chi connectivity index (χ2v) is 8.12. The van der Waals surface area contributed by atoms with Gasteiger partial charge in [-0.3, -0.25) is 9.59 Å². The van der Waals surface area contributed by atoms with E-state index in [4.69, 9.17) is 45.2 Å². The van der Waals surface area contributed by atoms with Gasteiger partial charge in [0.25, 0.3) is 0 Å². The number of nitrogens with zero attached hydrogens (tertiary/aromatic N) is 6. The molecule has 0 saturated carbocycles. The number of ether oxygens (including phenoxy) is 6. The Morgan fingerprint density at radius 3 is 1.27 bits per heavy atom. The first-order valence-corrected chi connectivity index (χ1v) is 13.4. The Labute approximate surface area is 234 Å². The van der Waals surface area contributed by atoms with Crippen molar-refractivity contribution in [2.45, 2.75) is 31.7 Å². The molecule has 0 radical (unpaired) electrons. The molecule has 0 aliphatic carbocycles. The summed E-state index contributed by atoms with van der Waals surface area (Å²) in [4.78, 5) is 29.1. The zero-order valence-electron chi connectivity index (χ0n) is 23.2. The van der Waals surface area contributed by atoms with Crippen molar-refractivity contribution in [3.05, 3.63) is 20.9 Å². The molecule has 0 fully saturated rings. The van der Waals surface area contributed by atoms with E-state index in [0.717, 1.165) is 0 Å². The molecule has 0 aromatic heterocycles. The number of amides is 2. The zero-order valence-corrected chi connectivity index (χ0v) is 23.2. The van der Waals surface area contributed by atoms with Crippen LogP contribution in [0, 0.1) is 0 Å². The maximum Gasteiger partial charge on any atom is 0.220 e. The number of carbonyl (C=O) groups excluding carboxylic acids is 2. The lowest BCUT2D eigenvalue weighted by Crippen LogP contribution is -2.31. The minimum atomic E-state index is -0.246. The molecule has 0 saturated heterocycles. The molecule has 40 heavy (non-hydrogen) atoms. The summed E-state index contributed by atoms with van der Waals surface area (Å²) in [6.07, 6.45) is 1.54. The minimum Gasteiger partial charge on any atom is -0.379 e. The van der Waals surface area contributed by atoms with Crippen LogP contribution in [0.15, 0.2) is 10.2 Å². The van der Waals surface area contributed by atoms with E-state index in [1.165, 1.54) is 0 Å². The average molecular weight is 576 g/mol. The van der Waals surface area contributed by atoms with Gasteiger partial charge in [0.1, 0.15) is 0 Å². The van der Waals surface area contributed by atoms with Crippen LogP contribution in [0.4, 0.5) is 0 Å². The summed E-state index contributed by atoms with van der Waals surface area (Å²) < 4.78 is 31.8. The predicted molar refractivity (Wildman–Crippen MR) is 145 cm³/mol. The maximum atomic E-state index is 11.9. The van der Waals surface area contributed by atoms with Crippen molar-refractivity contribution in [3.63, 3.8) is 0 Å². The first kappa shape index (κ1) is 37.3. The summed E-state index contributed by atoms with van der Waals surface area (Å²) in [6.45, 7) is 6.15. The zero-order chi connectivity index (χ0) is 29.4. The molecule has 4 N–H and O–H groups in total. The van der Waals surface area contributed by atoms with Gasteiger partial charge in [0.05, 0.1) is 79.3 Å². The molecule has 0 aromatic rings. The number of azide groups is 2. The SMILES string of the molecule is [N-]=[N+]=NCCOCCOCCOCCNC(=O)CCC(N)CCC(=O)NCCOCCOCCOCCN=[N+]=[N-]. The molecule has 0 aromatic carbocycles. The van der Waals surface area contributed by atoms with Crippen LogP contribution < -0.4 is 16.4 Å². The Balaban J connectivity index is 3.42. The van der Waals surface area contributed by atoms with Crippen LogP contribution in [0.25, 0.3) is 20.9 Å². The second-order valence-electron chi connectivity index (χ2n) is 8.12. The standard InChI is InChI=1S/C23H45N9O8/c24-21(1-3-22(33)27-5-9-35-13-17-39-19-15-37-11-7-29-31-25)2-4-23(34)28-6-10-36-14-18-40-20-16-38-12-8-30-32-26/h21H,1-20,24H2,(H,27,33)(H,28,34). The van der Waals surface area contributed by atoms with Crippen LogP contribution in [0.1, 0.15) is 25.7 Å². The number of nitrogens with two attached hydrogens (primary N) is 1. The molecule has 0 atom stereocenters. The Kier molecular flexibility index (Phi) is 28.7. The van der Waals surface area contributed by atoms with Crippen LogP contribution in [0.2, 0.25) is 0 Å². The fraction of sp³-hybridized carbons (Fsp3) is 0.913. The summed E-state index contributed by atoms with van der Waals surface area (Å²) >= 11 is 0. The highest BCUT2D eigenvalue weighted by Gasteiger charge is 2.09. The quantitative estimate of drug-likeness (QED) is 0.0475. The molecule has 17 nitrogen and oxygen atoms in total. The minimum absolute atomic E-state index is 0.114. The van der Waals surface area contributed by atoms with E-state index >= 15 is 0 Å². The van der Waals surface area contributed by atoms with Crippen LogP contribution in [-0.2, 0) is 38.0 Å². The molecule has 0 spiro atoms. The Bertz CT molecular complexity index is 664. The summed E-state index contributed by atoms with van der Waals surface area (Å²) in [5.74, 6) is -0.228. The van der Waals surface area contributed by atoms with Crippen LogP contribution in [-0.4, -0.2) is 123 Å². The van der Waals surface area contributed by atoms with Gasteiger partial charge in [0, 0.05) is 54.9 Å². The molecule has 0 bridgehead atoms. The molecule has 230 valence electrons. The van der Waals surface area contributed by atoms with Crippen molar-refractivity contribution in [1.29, 1.82) is 0 Å². The third-order valence-electron chi connectivity index (χ3n) is 4.91. The lowest BCUT2D eigenvalue weighted by molar-refractivity contribution is -0.121. The average Bonchev–Trinajstić information content (AvgIpc) is 2.95. The number of carbonyl (C=O) groups is 2. The van der Waals surface area contributed by atoms with Gasteiger partial charge in [-0.2, -0.15) is 0 Å². The highest BCUT2D eigenvalue weighted by atomic mass is 16.5. The van der Waals surface area contributed by atoms with E-state index in [0.29, 0.717) is 118 Å². The summed E-state index contributed by atoms with van der Waals surface area (Å²) in [5.41, 5.74) is 22.3. The van der Waals surface area contributed by atoms with E-state index in [1.54, 1.807) is 0 Å². The molecular weight excluding hydrogens is 530 g/mol. The molecule has 0 unspecified atom stereocenters. The predicted octanol–water partition coefficient (Wildman–Crippen LogP) is 0.827. The molecule has 0 aliphatic rings. The Hall–Kier alpha value is -2.72. The largest absolute Gasteiger partial charge is 0.379 e. The van der Waals surface area contributed by atoms with Gasteiger partial charge in [-0.1, -0.05) is 10.2 Å². The number of hydrogen-bond acceptors (Lipinski definition) is 11. The van der Waals surface area contributed by atoms with E-state index < -0.39 is 0 Å². The highest BCUT2D eigenvalue weighted by molar-refractivity contribution is 5.76. The third kappa shape index (κ3) is 29.8. The third-order valence-corrected chi connectivity index (χ3v) is 4.91. The van der Waals surface area contributed by atoms with Gasteiger partial charge in [0.2, 0.25) is 11.8 Å². The van der Waals surface area contributed by atoms with Crippen LogP contribution in [0.5, 0.6) is 0 Å². The van der Waals surface area contributed by atoms with E-state index in [9.17, 15) is 9.59 Å². The number of rotatable bonds is 30. The smallest absolute Gasteiger partial charge is 0.220 e. The lowest BCUT2D eigenvalue weighted by atomic mass is 10.1. The van der Waals surface area contributed by atoms with Crippen molar-refractivity contribution in [2.75, 3.05) is 105 Å². The molecule has 0 aliphatic heterocycles. The van der Waals surface area contributed by atoms with Crippen LogP contribution in [0.3, 0.4) is 0 Å². The van der Waals surface area contributed by atoms with Gasteiger partial charge < -0.3 is 44.8 Å². The van der Waals surface area contributed by atoms with Gasteiger partial charge in [-0.25, -0.2) is 0 Å². The second kappa shape index (κ2) is 30.8.